The molecule has 0 bridgehead atoms. The van der Waals surface area contributed by atoms with Crippen LogP contribution in [0.25, 0.3) is 0 Å². The smallest absolute Gasteiger partial charge is 0.338 e. The number of urea groups is 1. The van der Waals surface area contributed by atoms with Crippen LogP contribution in [0.3, 0.4) is 0 Å². The summed E-state index contributed by atoms with van der Waals surface area (Å²) < 4.78 is 5.08. The Balaban J connectivity index is 2.66. The van der Waals surface area contributed by atoms with Crippen LogP contribution >= 0.6 is 23.2 Å². The predicted molar refractivity (Wildman–Crippen MR) is 92.8 cm³/mol. The molecule has 1 heterocycles. The largest absolute Gasteiger partial charge is 0.506 e. The van der Waals surface area contributed by atoms with Gasteiger partial charge in [0.05, 0.1) is 23.2 Å². The van der Waals surface area contributed by atoms with E-state index in [9.17, 15) is 19.8 Å². The van der Waals surface area contributed by atoms with E-state index in [1.54, 1.807) is 6.92 Å². The molecule has 0 fully saturated rings. The number of hydrogen-bond acceptors (Lipinski definition) is 5. The Morgan fingerprint density at radius 1 is 1.28 bits per heavy atom. The van der Waals surface area contributed by atoms with E-state index in [0.717, 1.165) is 0 Å². The molecule has 1 aromatic carbocycles. The average molecular weight is 389 g/mol. The van der Waals surface area contributed by atoms with E-state index >= 15 is 0 Å². The van der Waals surface area contributed by atoms with Crippen molar-refractivity contribution in [1.29, 1.82) is 0 Å². The summed E-state index contributed by atoms with van der Waals surface area (Å²) in [6, 6.07) is -0.317. The van der Waals surface area contributed by atoms with E-state index in [4.69, 9.17) is 27.9 Å². The molecule has 136 valence electrons. The number of esters is 1. The summed E-state index contributed by atoms with van der Waals surface area (Å²) in [5.41, 5.74) is 0.630. The van der Waals surface area contributed by atoms with Gasteiger partial charge in [0, 0.05) is 11.3 Å². The van der Waals surface area contributed by atoms with Gasteiger partial charge in [0.1, 0.15) is 10.8 Å². The zero-order chi connectivity index (χ0) is 18.7. The van der Waals surface area contributed by atoms with Crippen LogP contribution in [0.15, 0.2) is 17.3 Å². The number of nitrogens with one attached hydrogen (secondary N) is 2. The van der Waals surface area contributed by atoms with Crippen molar-refractivity contribution in [3.63, 3.8) is 0 Å². The molecule has 0 radical (unpaired) electrons. The van der Waals surface area contributed by atoms with E-state index in [-0.39, 0.29) is 27.8 Å². The third kappa shape index (κ3) is 3.77. The molecule has 1 aromatic rings. The lowest BCUT2D eigenvalue weighted by Gasteiger charge is -2.30. The minimum atomic E-state index is -1.02. The number of hydrogen-bond donors (Lipinski definition) is 4. The highest BCUT2D eigenvalue weighted by Gasteiger charge is 2.36. The van der Waals surface area contributed by atoms with Crippen LogP contribution in [0.2, 0.25) is 10.0 Å². The molecule has 9 heteroatoms. The first-order valence-corrected chi connectivity index (χ1v) is 8.44. The van der Waals surface area contributed by atoms with E-state index in [2.05, 4.69) is 10.6 Å². The number of ether oxygens (including phenoxy) is 1. The number of halogens is 2. The van der Waals surface area contributed by atoms with Crippen LogP contribution < -0.4 is 10.6 Å². The topological polar surface area (TPSA) is 108 Å². The van der Waals surface area contributed by atoms with Gasteiger partial charge in [-0.15, -0.1) is 0 Å². The van der Waals surface area contributed by atoms with Crippen LogP contribution in [-0.2, 0) is 9.53 Å². The van der Waals surface area contributed by atoms with Crippen molar-refractivity contribution in [1.82, 2.24) is 10.6 Å². The van der Waals surface area contributed by atoms with Gasteiger partial charge < -0.3 is 25.6 Å². The Kier molecular flexibility index (Phi) is 6.02. The second kappa shape index (κ2) is 7.84. The highest BCUT2D eigenvalue weighted by molar-refractivity contribution is 6.38. The molecular weight excluding hydrogens is 371 g/mol. The van der Waals surface area contributed by atoms with E-state index in [0.29, 0.717) is 18.5 Å². The van der Waals surface area contributed by atoms with Crippen molar-refractivity contribution in [2.45, 2.75) is 32.7 Å². The van der Waals surface area contributed by atoms with Gasteiger partial charge in [0.2, 0.25) is 0 Å². The lowest BCUT2D eigenvalue weighted by atomic mass is 9.93. The second-order valence-electron chi connectivity index (χ2n) is 5.35. The molecule has 0 saturated carbocycles. The Labute approximate surface area is 154 Å². The zero-order valence-electron chi connectivity index (χ0n) is 13.7. The Morgan fingerprint density at radius 2 is 1.96 bits per heavy atom. The maximum atomic E-state index is 12.5. The first-order valence-electron chi connectivity index (χ1n) is 7.69. The summed E-state index contributed by atoms with van der Waals surface area (Å²) in [6.07, 6.45) is 1.10. The van der Waals surface area contributed by atoms with E-state index in [1.165, 1.54) is 6.07 Å². The van der Waals surface area contributed by atoms with Crippen LogP contribution in [0.1, 0.15) is 38.3 Å². The first kappa shape index (κ1) is 19.2. The molecule has 7 nitrogen and oxygen atoms in total. The second-order valence-corrected chi connectivity index (χ2v) is 6.14. The Bertz CT molecular complexity index is 749. The van der Waals surface area contributed by atoms with Gasteiger partial charge in [-0.1, -0.05) is 36.5 Å². The highest BCUT2D eigenvalue weighted by atomic mass is 35.5. The fourth-order valence-electron chi connectivity index (χ4n) is 2.59. The fraction of sp³-hybridized carbons (Fsp3) is 0.375. The molecule has 0 aliphatic carbocycles. The number of aromatic hydroxyl groups is 2. The highest BCUT2D eigenvalue weighted by Crippen LogP contribution is 2.45. The average Bonchev–Trinajstić information content (AvgIpc) is 2.56. The van der Waals surface area contributed by atoms with Crippen molar-refractivity contribution in [3.8, 4) is 11.5 Å². The number of amides is 2. The molecule has 1 atom stereocenters. The molecule has 1 aliphatic heterocycles. The Morgan fingerprint density at radius 3 is 2.56 bits per heavy atom. The number of phenolic OH excluding ortho intramolecular Hbond substituents is 2. The third-order valence-corrected chi connectivity index (χ3v) is 4.30. The molecule has 2 rings (SSSR count). The molecular formula is C16H18Cl2N2O5. The summed E-state index contributed by atoms with van der Waals surface area (Å²) in [6.45, 7) is 3.70. The number of allylic oxidation sites excluding steroid dienone is 1. The monoisotopic (exact) mass is 388 g/mol. The summed E-state index contributed by atoms with van der Waals surface area (Å²) in [4.78, 5) is 24.5. The lowest BCUT2D eigenvalue weighted by Crippen LogP contribution is -2.46. The van der Waals surface area contributed by atoms with E-state index < -0.39 is 29.5 Å². The summed E-state index contributed by atoms with van der Waals surface area (Å²) in [7, 11) is 0. The maximum Gasteiger partial charge on any atom is 0.338 e. The zero-order valence-corrected chi connectivity index (χ0v) is 15.2. The number of phenols is 2. The molecule has 1 unspecified atom stereocenters. The van der Waals surface area contributed by atoms with Crippen LogP contribution in [-0.4, -0.2) is 28.8 Å². The first-order chi connectivity index (χ1) is 11.8. The summed E-state index contributed by atoms with van der Waals surface area (Å²) in [5.74, 6) is -1.60. The van der Waals surface area contributed by atoms with Gasteiger partial charge in [-0.3, -0.25) is 0 Å². The number of rotatable bonds is 5. The SMILES string of the molecule is CCCC1=C(C(=O)OCC)C(c2cc(Cl)c(O)c(Cl)c2O)NC(=O)N1. The maximum absolute atomic E-state index is 12.5. The van der Waals surface area contributed by atoms with Crippen LogP contribution in [0, 0.1) is 0 Å². The van der Waals surface area contributed by atoms with Crippen molar-refractivity contribution in [2.24, 2.45) is 0 Å². The fourth-order valence-corrected chi connectivity index (χ4v) is 3.06. The van der Waals surface area contributed by atoms with Gasteiger partial charge in [-0.2, -0.15) is 0 Å². The minimum absolute atomic E-state index is 0.0827. The standard InChI is InChI=1S/C16H18Cl2N2O5/c1-3-5-9-10(15(23)25-4-2)12(20-16(24)19-9)7-6-8(17)14(22)11(18)13(7)21/h6,12,21-22H,3-5H2,1-2H3,(H2,19,20,24). The third-order valence-electron chi connectivity index (χ3n) is 3.66. The van der Waals surface area contributed by atoms with Gasteiger partial charge in [-0.05, 0) is 19.4 Å². The van der Waals surface area contributed by atoms with Gasteiger partial charge >= 0.3 is 12.0 Å². The number of carbonyl (C=O) groups excluding carboxylic acids is 2. The molecule has 1 aliphatic rings. The predicted octanol–water partition coefficient (Wildman–Crippen LogP) is 3.38. The number of benzene rings is 1. The molecule has 4 N–H and O–H groups in total. The summed E-state index contributed by atoms with van der Waals surface area (Å²) >= 11 is 11.8. The van der Waals surface area contributed by atoms with E-state index in [1.807, 2.05) is 6.92 Å². The lowest BCUT2D eigenvalue weighted by molar-refractivity contribution is -0.139. The van der Waals surface area contributed by atoms with Crippen molar-refractivity contribution in [3.05, 3.63) is 32.9 Å². The molecule has 0 aromatic heterocycles. The Hall–Kier alpha value is -2.12. The van der Waals surface area contributed by atoms with Crippen molar-refractivity contribution in [2.75, 3.05) is 6.61 Å². The molecule has 0 spiro atoms. The molecule has 0 saturated heterocycles. The summed E-state index contributed by atoms with van der Waals surface area (Å²) in [5, 5.41) is 24.7. The van der Waals surface area contributed by atoms with Crippen LogP contribution in [0.5, 0.6) is 11.5 Å². The van der Waals surface area contributed by atoms with Crippen LogP contribution in [0.4, 0.5) is 4.79 Å². The van der Waals surface area contributed by atoms with Crippen molar-refractivity contribution < 1.29 is 24.5 Å². The van der Waals surface area contributed by atoms with Crippen molar-refractivity contribution >= 4 is 35.2 Å². The quantitative estimate of drug-likeness (QED) is 0.578. The molecule has 2 amide bonds. The molecule has 25 heavy (non-hydrogen) atoms. The van der Waals surface area contributed by atoms with Gasteiger partial charge in [0.15, 0.2) is 5.75 Å². The van der Waals surface area contributed by atoms with Gasteiger partial charge in [-0.25, -0.2) is 9.59 Å². The minimum Gasteiger partial charge on any atom is -0.506 e. The van der Waals surface area contributed by atoms with Gasteiger partial charge in [0.25, 0.3) is 0 Å². The normalized spacial score (nSPS) is 17.1. The number of carbonyl (C=O) groups is 2.